The number of hydrogen-bond donors (Lipinski definition) is 2. The summed E-state index contributed by atoms with van der Waals surface area (Å²) in [5, 5.41) is 2.09. The summed E-state index contributed by atoms with van der Waals surface area (Å²) in [6, 6.07) is 1.38. The van der Waals surface area contributed by atoms with E-state index in [2.05, 4.69) is 5.32 Å². The third kappa shape index (κ3) is 3.93. The maximum atomic E-state index is 13.2. The molecule has 0 unspecified atom stereocenters. The Labute approximate surface area is 107 Å². The Morgan fingerprint density at radius 1 is 1.21 bits per heavy atom. The normalized spacial score (nSPS) is 11.4. The van der Waals surface area contributed by atoms with Gasteiger partial charge in [-0.3, -0.25) is 4.79 Å². The topological polar surface area (TPSA) is 75.3 Å². The van der Waals surface area contributed by atoms with Gasteiger partial charge in [-0.25, -0.2) is 26.3 Å². The van der Waals surface area contributed by atoms with Crippen molar-refractivity contribution in [2.75, 3.05) is 19.3 Å². The summed E-state index contributed by atoms with van der Waals surface area (Å²) in [6.07, 6.45) is 0. The van der Waals surface area contributed by atoms with Crippen LogP contribution >= 0.6 is 0 Å². The average Bonchev–Trinajstić information content (AvgIpc) is 2.35. The Balaban J connectivity index is 2.73. The first-order valence-corrected chi connectivity index (χ1v) is 6.76. The SMILES string of the molecule is CNS(=O)(=O)CCNC(=O)c1ccc(F)c(F)c1F. The molecule has 1 aromatic carbocycles. The molecule has 0 fully saturated rings. The number of nitrogens with one attached hydrogen (secondary N) is 2. The lowest BCUT2D eigenvalue weighted by atomic mass is 10.2. The molecule has 0 atom stereocenters. The Bertz CT molecular complexity index is 590. The summed E-state index contributed by atoms with van der Waals surface area (Å²) < 4.78 is 62.9. The van der Waals surface area contributed by atoms with E-state index in [0.717, 1.165) is 6.07 Å². The molecule has 1 aromatic rings. The molecular weight excluding hydrogens is 285 g/mol. The predicted molar refractivity (Wildman–Crippen MR) is 61.5 cm³/mol. The van der Waals surface area contributed by atoms with Crippen LogP contribution in [0.4, 0.5) is 13.2 Å². The maximum Gasteiger partial charge on any atom is 0.254 e. The molecule has 0 aromatic heterocycles. The van der Waals surface area contributed by atoms with Gasteiger partial charge in [0, 0.05) is 6.54 Å². The number of sulfonamides is 1. The van der Waals surface area contributed by atoms with Crippen LogP contribution in [0.15, 0.2) is 12.1 Å². The third-order valence-electron chi connectivity index (χ3n) is 2.25. The Morgan fingerprint density at radius 3 is 2.42 bits per heavy atom. The highest BCUT2D eigenvalue weighted by molar-refractivity contribution is 7.89. The third-order valence-corrected chi connectivity index (χ3v) is 3.61. The van der Waals surface area contributed by atoms with Crippen LogP contribution < -0.4 is 10.0 Å². The minimum atomic E-state index is -3.51. The van der Waals surface area contributed by atoms with Crippen molar-refractivity contribution in [3.8, 4) is 0 Å². The Hall–Kier alpha value is -1.61. The number of hydrogen-bond acceptors (Lipinski definition) is 3. The highest BCUT2D eigenvalue weighted by Gasteiger charge is 2.18. The molecule has 0 spiro atoms. The average molecular weight is 296 g/mol. The van der Waals surface area contributed by atoms with Gasteiger partial charge in [0.25, 0.3) is 5.91 Å². The van der Waals surface area contributed by atoms with Crippen LogP contribution in [0.3, 0.4) is 0 Å². The molecule has 0 heterocycles. The molecule has 19 heavy (non-hydrogen) atoms. The van der Waals surface area contributed by atoms with E-state index < -0.39 is 44.7 Å². The molecule has 0 aliphatic rings. The number of benzene rings is 1. The van der Waals surface area contributed by atoms with Gasteiger partial charge in [-0.15, -0.1) is 0 Å². The van der Waals surface area contributed by atoms with Crippen molar-refractivity contribution in [3.63, 3.8) is 0 Å². The van der Waals surface area contributed by atoms with Crippen molar-refractivity contribution < 1.29 is 26.4 Å². The largest absolute Gasteiger partial charge is 0.351 e. The van der Waals surface area contributed by atoms with Gasteiger partial charge in [-0.1, -0.05) is 0 Å². The van der Waals surface area contributed by atoms with Crippen LogP contribution in [0.25, 0.3) is 0 Å². The number of rotatable bonds is 5. The van der Waals surface area contributed by atoms with Crippen LogP contribution in [0.1, 0.15) is 10.4 Å². The van der Waals surface area contributed by atoms with Crippen LogP contribution in [0, 0.1) is 17.5 Å². The van der Waals surface area contributed by atoms with E-state index in [4.69, 9.17) is 0 Å². The molecule has 0 bridgehead atoms. The van der Waals surface area contributed by atoms with Crippen molar-refractivity contribution in [2.24, 2.45) is 0 Å². The minimum Gasteiger partial charge on any atom is -0.351 e. The highest BCUT2D eigenvalue weighted by Crippen LogP contribution is 2.14. The van der Waals surface area contributed by atoms with E-state index >= 15 is 0 Å². The quantitative estimate of drug-likeness (QED) is 0.772. The zero-order valence-corrected chi connectivity index (χ0v) is 10.7. The molecule has 0 radical (unpaired) electrons. The first-order chi connectivity index (χ1) is 8.78. The monoisotopic (exact) mass is 296 g/mol. The van der Waals surface area contributed by atoms with Crippen molar-refractivity contribution in [1.29, 1.82) is 0 Å². The van der Waals surface area contributed by atoms with E-state index in [9.17, 15) is 26.4 Å². The number of halogens is 3. The molecule has 0 saturated carbocycles. The molecule has 9 heteroatoms. The maximum absolute atomic E-state index is 13.2. The zero-order chi connectivity index (χ0) is 14.6. The molecule has 0 aliphatic heterocycles. The molecule has 1 amide bonds. The van der Waals surface area contributed by atoms with Gasteiger partial charge < -0.3 is 5.32 Å². The van der Waals surface area contributed by atoms with Crippen LogP contribution in [0.2, 0.25) is 0 Å². The zero-order valence-electron chi connectivity index (χ0n) is 9.84. The van der Waals surface area contributed by atoms with Crippen molar-refractivity contribution in [2.45, 2.75) is 0 Å². The van der Waals surface area contributed by atoms with Crippen LogP contribution in [-0.4, -0.2) is 33.7 Å². The fourth-order valence-electron chi connectivity index (χ4n) is 1.20. The summed E-state index contributed by atoms with van der Waals surface area (Å²) in [4.78, 5) is 11.4. The lowest BCUT2D eigenvalue weighted by molar-refractivity contribution is 0.0951. The lowest BCUT2D eigenvalue weighted by Crippen LogP contribution is -2.33. The molecule has 0 saturated heterocycles. The predicted octanol–water partition coefficient (Wildman–Crippen LogP) is 0.383. The lowest BCUT2D eigenvalue weighted by Gasteiger charge is -2.07. The van der Waals surface area contributed by atoms with E-state index in [1.54, 1.807) is 0 Å². The van der Waals surface area contributed by atoms with Gasteiger partial charge in [-0.05, 0) is 19.2 Å². The van der Waals surface area contributed by atoms with E-state index in [-0.39, 0.29) is 6.54 Å². The molecular formula is C10H11F3N2O3S. The molecule has 1 rings (SSSR count). The van der Waals surface area contributed by atoms with E-state index in [1.807, 2.05) is 4.72 Å². The minimum absolute atomic E-state index is 0.291. The van der Waals surface area contributed by atoms with Gasteiger partial charge in [0.15, 0.2) is 17.5 Å². The highest BCUT2D eigenvalue weighted by atomic mass is 32.2. The van der Waals surface area contributed by atoms with Crippen molar-refractivity contribution in [3.05, 3.63) is 35.1 Å². The van der Waals surface area contributed by atoms with Gasteiger partial charge in [0.1, 0.15) is 0 Å². The Kier molecular flexibility index (Phi) is 4.90. The second-order valence-electron chi connectivity index (χ2n) is 3.50. The van der Waals surface area contributed by atoms with E-state index in [1.165, 1.54) is 7.05 Å². The van der Waals surface area contributed by atoms with E-state index in [0.29, 0.717) is 6.07 Å². The molecule has 5 nitrogen and oxygen atoms in total. The van der Waals surface area contributed by atoms with Crippen LogP contribution in [0.5, 0.6) is 0 Å². The number of carbonyl (C=O) groups is 1. The Morgan fingerprint density at radius 2 is 1.84 bits per heavy atom. The summed E-state index contributed by atoms with van der Waals surface area (Å²) in [5.74, 6) is -6.22. The van der Waals surface area contributed by atoms with Gasteiger partial charge in [0.05, 0.1) is 11.3 Å². The summed E-state index contributed by atoms with van der Waals surface area (Å²) in [5.41, 5.74) is -0.694. The molecule has 2 N–H and O–H groups in total. The van der Waals surface area contributed by atoms with Crippen LogP contribution in [-0.2, 0) is 10.0 Å². The standard InChI is InChI=1S/C10H11F3N2O3S/c1-14-19(17,18)5-4-15-10(16)6-2-3-7(11)9(13)8(6)12/h2-3,14H,4-5H2,1H3,(H,15,16). The fourth-order valence-corrected chi connectivity index (χ4v) is 1.77. The smallest absolute Gasteiger partial charge is 0.254 e. The summed E-state index contributed by atoms with van der Waals surface area (Å²) >= 11 is 0. The van der Waals surface area contributed by atoms with Gasteiger partial charge in [-0.2, -0.15) is 0 Å². The number of amides is 1. The second kappa shape index (κ2) is 6.02. The van der Waals surface area contributed by atoms with Crippen molar-refractivity contribution in [1.82, 2.24) is 10.0 Å². The first kappa shape index (κ1) is 15.4. The molecule has 0 aliphatic carbocycles. The second-order valence-corrected chi connectivity index (χ2v) is 5.55. The first-order valence-electron chi connectivity index (χ1n) is 5.11. The van der Waals surface area contributed by atoms with Crippen molar-refractivity contribution >= 4 is 15.9 Å². The summed E-state index contributed by atoms with van der Waals surface area (Å²) in [7, 11) is -2.31. The van der Waals surface area contributed by atoms with Gasteiger partial charge in [0.2, 0.25) is 10.0 Å². The fraction of sp³-hybridized carbons (Fsp3) is 0.300. The molecule has 106 valence electrons. The van der Waals surface area contributed by atoms with Gasteiger partial charge >= 0.3 is 0 Å². The number of carbonyl (C=O) groups excluding carboxylic acids is 1. The summed E-state index contributed by atoms with van der Waals surface area (Å²) in [6.45, 7) is -0.291.